The van der Waals surface area contributed by atoms with E-state index in [0.29, 0.717) is 11.1 Å². The van der Waals surface area contributed by atoms with Crippen molar-refractivity contribution in [3.63, 3.8) is 0 Å². The number of hydrogen-bond acceptors (Lipinski definition) is 2. The van der Waals surface area contributed by atoms with Gasteiger partial charge in [-0.3, -0.25) is 0 Å². The molecule has 344 valence electrons. The van der Waals surface area contributed by atoms with Crippen LogP contribution in [0.4, 0.5) is 0 Å². The summed E-state index contributed by atoms with van der Waals surface area (Å²) in [6, 6.07) is 71.9. The Bertz CT molecular complexity index is 4350. The first-order chi connectivity index (χ1) is 35.2. The fourth-order valence-electron chi connectivity index (χ4n) is 13.5. The van der Waals surface area contributed by atoms with Crippen molar-refractivity contribution in [1.82, 2.24) is 13.7 Å². The van der Waals surface area contributed by atoms with Crippen molar-refractivity contribution in [3.8, 4) is 40.3 Å². The molecule has 1 atom stereocenters. The summed E-state index contributed by atoms with van der Waals surface area (Å²) >= 11 is 0. The van der Waals surface area contributed by atoms with Crippen LogP contribution in [0.25, 0.3) is 93.6 Å². The van der Waals surface area contributed by atoms with E-state index in [4.69, 9.17) is 0 Å². The minimum atomic E-state index is -0.410. The van der Waals surface area contributed by atoms with Crippen LogP contribution in [0.3, 0.4) is 0 Å². The van der Waals surface area contributed by atoms with Crippen molar-refractivity contribution in [3.05, 3.63) is 221 Å². The summed E-state index contributed by atoms with van der Waals surface area (Å²) in [5.74, 6) is 0.198. The highest BCUT2D eigenvalue weighted by molar-refractivity contribution is 6.24. The Morgan fingerprint density at radius 2 is 0.861 bits per heavy atom. The van der Waals surface area contributed by atoms with E-state index in [2.05, 4.69) is 236 Å². The highest BCUT2D eigenvalue weighted by Crippen LogP contribution is 2.55. The number of nitrogens with zero attached hydrogens (tertiary/aromatic N) is 5. The second-order valence-electron chi connectivity index (χ2n) is 21.6. The second-order valence-corrected chi connectivity index (χ2v) is 21.6. The molecular weight excluding hydrogens is 875 g/mol. The maximum absolute atomic E-state index is 12.3. The maximum atomic E-state index is 12.3. The molecule has 9 aromatic carbocycles. The number of aromatic nitrogens is 3. The van der Waals surface area contributed by atoms with Gasteiger partial charge in [0, 0.05) is 38.0 Å². The Kier molecular flexibility index (Phi) is 9.06. The fraction of sp³-hybridized carbons (Fsp3) is 0.164. The standard InChI is InChI=1S/C67H51N5/c1-66(2)35-36-67(3,4)60-55(40-69)65(72-58-30-18-15-27-49(58)52-34-33-51-48-26-13-16-28-56(48)70(62(51)63(52)72)44-22-9-6-10-23-44)64(54(39-68)59(60)66)71-57-29-17-14-25-47(57)50-32-31-46-45-24-12-11-21-42(45)37-43(38-53(46)61(50)71)41-19-7-5-8-20-41/h5-34,43H,35-38H2,1-4H3. The zero-order chi connectivity index (χ0) is 48.6. The number of hydrogen-bond donors (Lipinski definition) is 0. The van der Waals surface area contributed by atoms with E-state index in [0.717, 1.165) is 119 Å². The Balaban J connectivity index is 1.25. The molecule has 0 spiro atoms. The van der Waals surface area contributed by atoms with Gasteiger partial charge in [-0.25, -0.2) is 0 Å². The van der Waals surface area contributed by atoms with E-state index in [1.54, 1.807) is 0 Å². The first-order valence-corrected chi connectivity index (χ1v) is 25.4. The average molecular weight is 926 g/mol. The van der Waals surface area contributed by atoms with Gasteiger partial charge in [-0.05, 0) is 112 Å². The van der Waals surface area contributed by atoms with Gasteiger partial charge in [0.25, 0.3) is 0 Å². The van der Waals surface area contributed by atoms with Crippen molar-refractivity contribution in [2.75, 3.05) is 0 Å². The topological polar surface area (TPSA) is 62.4 Å². The van der Waals surface area contributed by atoms with Crippen molar-refractivity contribution in [2.45, 2.75) is 70.1 Å². The predicted octanol–water partition coefficient (Wildman–Crippen LogP) is 16.6. The number of fused-ring (bicyclic) bond motifs is 15. The molecule has 0 saturated heterocycles. The third-order valence-corrected chi connectivity index (χ3v) is 16.8. The molecule has 0 amide bonds. The maximum Gasteiger partial charge on any atom is 0.102 e. The lowest BCUT2D eigenvalue weighted by Gasteiger charge is -2.44. The van der Waals surface area contributed by atoms with Gasteiger partial charge >= 0.3 is 0 Å². The van der Waals surface area contributed by atoms with Crippen LogP contribution in [0.15, 0.2) is 182 Å². The van der Waals surface area contributed by atoms with Gasteiger partial charge in [0.1, 0.15) is 12.1 Å². The van der Waals surface area contributed by atoms with Gasteiger partial charge in [-0.1, -0.05) is 179 Å². The summed E-state index contributed by atoms with van der Waals surface area (Å²) in [5, 5.41) is 31.4. The van der Waals surface area contributed by atoms with Gasteiger partial charge in [-0.15, -0.1) is 0 Å². The van der Waals surface area contributed by atoms with Crippen LogP contribution < -0.4 is 0 Å². The third kappa shape index (κ3) is 5.80. The van der Waals surface area contributed by atoms with E-state index in [-0.39, 0.29) is 5.92 Å². The minimum Gasteiger partial charge on any atom is -0.307 e. The van der Waals surface area contributed by atoms with Crippen LogP contribution in [0.1, 0.15) is 85.4 Å². The Hall–Kier alpha value is -8.64. The van der Waals surface area contributed by atoms with E-state index in [9.17, 15) is 10.5 Å². The number of para-hydroxylation sites is 4. The summed E-state index contributed by atoms with van der Waals surface area (Å²) in [7, 11) is 0. The van der Waals surface area contributed by atoms with E-state index >= 15 is 0 Å². The van der Waals surface area contributed by atoms with E-state index in [1.165, 1.54) is 27.8 Å². The lowest BCUT2D eigenvalue weighted by atomic mass is 9.60. The molecule has 0 bridgehead atoms. The Labute approximate surface area is 419 Å². The zero-order valence-corrected chi connectivity index (χ0v) is 41.0. The lowest BCUT2D eigenvalue weighted by molar-refractivity contribution is 0.330. The number of rotatable bonds is 4. The van der Waals surface area contributed by atoms with Crippen LogP contribution in [0, 0.1) is 22.7 Å². The van der Waals surface area contributed by atoms with Crippen molar-refractivity contribution < 1.29 is 0 Å². The first-order valence-electron chi connectivity index (χ1n) is 25.4. The smallest absolute Gasteiger partial charge is 0.102 e. The van der Waals surface area contributed by atoms with Crippen LogP contribution in [-0.2, 0) is 23.7 Å². The molecule has 0 radical (unpaired) electrons. The van der Waals surface area contributed by atoms with Gasteiger partial charge in [0.05, 0.1) is 55.6 Å². The molecule has 3 heterocycles. The van der Waals surface area contributed by atoms with Gasteiger partial charge in [0.15, 0.2) is 0 Å². The highest BCUT2D eigenvalue weighted by atomic mass is 15.1. The van der Waals surface area contributed by atoms with Crippen LogP contribution in [0.2, 0.25) is 0 Å². The molecule has 0 saturated carbocycles. The van der Waals surface area contributed by atoms with Crippen molar-refractivity contribution in [2.24, 2.45) is 0 Å². The van der Waals surface area contributed by atoms with Crippen LogP contribution in [0.5, 0.6) is 0 Å². The Morgan fingerprint density at radius 3 is 1.43 bits per heavy atom. The van der Waals surface area contributed by atoms with Gasteiger partial charge < -0.3 is 13.7 Å². The summed E-state index contributed by atoms with van der Waals surface area (Å²) in [6.45, 7) is 9.14. The zero-order valence-electron chi connectivity index (χ0n) is 41.0. The molecule has 0 fully saturated rings. The molecule has 2 aliphatic carbocycles. The van der Waals surface area contributed by atoms with Crippen molar-refractivity contribution >= 4 is 65.4 Å². The van der Waals surface area contributed by atoms with Gasteiger partial charge in [-0.2, -0.15) is 10.5 Å². The normalized spacial score (nSPS) is 15.9. The van der Waals surface area contributed by atoms with Crippen LogP contribution >= 0.6 is 0 Å². The largest absolute Gasteiger partial charge is 0.307 e. The quantitative estimate of drug-likeness (QED) is 0.177. The summed E-state index contributed by atoms with van der Waals surface area (Å²) < 4.78 is 7.26. The molecule has 72 heavy (non-hydrogen) atoms. The SMILES string of the molecule is CC1(C)CCC(C)(C)c2c(C#N)c(-n3c4ccccc4c4ccc5c6ccccc6n(-c6ccccc6)c5c43)c(-n3c4ccccc4c4ccc5c(c43)CC(c3ccccc3)Cc3ccccc3-5)c(C#N)c21. The average Bonchev–Trinajstić information content (AvgIpc) is 4.01. The molecular formula is C67H51N5. The van der Waals surface area contributed by atoms with Crippen molar-refractivity contribution in [1.29, 1.82) is 10.5 Å². The lowest BCUT2D eigenvalue weighted by Crippen LogP contribution is -2.37. The van der Waals surface area contributed by atoms with Gasteiger partial charge in [0.2, 0.25) is 0 Å². The minimum absolute atomic E-state index is 0.198. The molecule has 0 aliphatic heterocycles. The monoisotopic (exact) mass is 925 g/mol. The second kappa shape index (κ2) is 15.4. The highest BCUT2D eigenvalue weighted by Gasteiger charge is 2.45. The molecule has 3 aromatic heterocycles. The number of nitriles is 2. The Morgan fingerprint density at radius 1 is 0.417 bits per heavy atom. The molecule has 1 unspecified atom stereocenters. The predicted molar refractivity (Wildman–Crippen MR) is 296 cm³/mol. The molecule has 14 rings (SSSR count). The first kappa shape index (κ1) is 42.3. The molecule has 12 aromatic rings. The fourth-order valence-corrected chi connectivity index (χ4v) is 13.5. The third-order valence-electron chi connectivity index (χ3n) is 16.8. The molecule has 0 N–H and O–H groups in total. The summed E-state index contributed by atoms with van der Waals surface area (Å²) in [5.41, 5.74) is 17.6. The summed E-state index contributed by atoms with van der Waals surface area (Å²) in [6.07, 6.45) is 3.46. The number of benzene rings is 9. The van der Waals surface area contributed by atoms with E-state index in [1.807, 2.05) is 0 Å². The van der Waals surface area contributed by atoms with Crippen LogP contribution in [-0.4, -0.2) is 13.7 Å². The molecule has 5 nitrogen and oxygen atoms in total. The van der Waals surface area contributed by atoms with E-state index < -0.39 is 10.8 Å². The molecule has 2 aliphatic rings. The molecule has 5 heteroatoms. The summed E-state index contributed by atoms with van der Waals surface area (Å²) in [4.78, 5) is 0.